The van der Waals surface area contributed by atoms with Gasteiger partial charge in [-0.15, -0.1) is 11.3 Å². The molecule has 0 amide bonds. The first-order valence-electron chi connectivity index (χ1n) is 3.36. The number of thiazole rings is 1. The van der Waals surface area contributed by atoms with Gasteiger partial charge in [0.05, 0.1) is 11.6 Å². The molecule has 1 aromatic heterocycles. The fraction of sp³-hybridized carbons (Fsp3) is 0.429. The van der Waals surface area contributed by atoms with E-state index >= 15 is 0 Å². The molecule has 1 atom stereocenters. The molecule has 3 nitrogen and oxygen atoms in total. The van der Waals surface area contributed by atoms with Gasteiger partial charge in [-0.05, 0) is 7.05 Å². The van der Waals surface area contributed by atoms with Crippen molar-refractivity contribution in [1.82, 2.24) is 10.3 Å². The molecule has 0 saturated carbocycles. The average Bonchev–Trinajstić information content (AvgIpc) is 2.52. The topological polar surface area (TPSA) is 42.0 Å². The summed E-state index contributed by atoms with van der Waals surface area (Å²) in [5.74, 6) is 0. The zero-order chi connectivity index (χ0) is 8.10. The Hall–Kier alpha value is -0.740. The fourth-order valence-corrected chi connectivity index (χ4v) is 1.43. The van der Waals surface area contributed by atoms with Crippen molar-refractivity contribution < 1.29 is 4.79 Å². The maximum Gasteiger partial charge on any atom is 0.137 e. The molecule has 0 bridgehead atoms. The predicted octanol–water partition coefficient (Wildman–Crippen LogP) is 0.472. The minimum absolute atomic E-state index is 0.0737. The minimum atomic E-state index is -0.0737. The molecule has 0 aliphatic carbocycles. The van der Waals surface area contributed by atoms with Crippen LogP contribution in [0.2, 0.25) is 0 Å². The number of aromatic nitrogens is 1. The Balaban J connectivity index is 2.47. The molecule has 1 rings (SSSR count). The number of carbonyl (C=O) groups excluding carboxylic acids is 1. The van der Waals surface area contributed by atoms with Gasteiger partial charge >= 0.3 is 0 Å². The van der Waals surface area contributed by atoms with E-state index in [1.807, 2.05) is 0 Å². The maximum absolute atomic E-state index is 10.4. The smallest absolute Gasteiger partial charge is 0.137 e. The van der Waals surface area contributed by atoms with E-state index in [0.717, 1.165) is 17.6 Å². The van der Waals surface area contributed by atoms with Gasteiger partial charge < -0.3 is 10.1 Å². The lowest BCUT2D eigenvalue weighted by molar-refractivity contribution is -0.109. The lowest BCUT2D eigenvalue weighted by Crippen LogP contribution is -2.28. The fourth-order valence-electron chi connectivity index (χ4n) is 0.778. The Kier molecular flexibility index (Phi) is 3.19. The largest absolute Gasteiger partial charge is 0.310 e. The van der Waals surface area contributed by atoms with Crippen LogP contribution in [0.25, 0.3) is 0 Å². The van der Waals surface area contributed by atoms with Crippen LogP contribution in [0.15, 0.2) is 11.7 Å². The monoisotopic (exact) mass is 170 g/mol. The molecule has 1 heterocycles. The van der Waals surface area contributed by atoms with E-state index in [0.29, 0.717) is 0 Å². The maximum atomic E-state index is 10.4. The van der Waals surface area contributed by atoms with Gasteiger partial charge in [0, 0.05) is 17.5 Å². The number of hydrogen-bond donors (Lipinski definition) is 1. The molecule has 0 aromatic carbocycles. The Bertz CT molecular complexity index is 210. The Labute approximate surface area is 69.5 Å². The lowest BCUT2D eigenvalue weighted by atomic mass is 10.2. The molecular weight excluding hydrogens is 160 g/mol. The van der Waals surface area contributed by atoms with Crippen LogP contribution in [0.3, 0.4) is 0 Å². The van der Waals surface area contributed by atoms with Crippen LogP contribution in [0.5, 0.6) is 0 Å². The third-order valence-electron chi connectivity index (χ3n) is 1.44. The van der Waals surface area contributed by atoms with Gasteiger partial charge in [0.1, 0.15) is 6.29 Å². The SMILES string of the molecule is CN[C@H](C=O)Cc1cncs1. The third-order valence-corrected chi connectivity index (χ3v) is 2.24. The van der Waals surface area contributed by atoms with Gasteiger partial charge in [0.15, 0.2) is 0 Å². The Morgan fingerprint density at radius 3 is 3.18 bits per heavy atom. The van der Waals surface area contributed by atoms with Gasteiger partial charge in [0.25, 0.3) is 0 Å². The van der Waals surface area contributed by atoms with Gasteiger partial charge in [-0.1, -0.05) is 0 Å². The first kappa shape index (κ1) is 8.36. The summed E-state index contributed by atoms with van der Waals surface area (Å²) in [4.78, 5) is 15.4. The molecule has 0 spiro atoms. The number of hydrogen-bond acceptors (Lipinski definition) is 4. The number of nitrogens with one attached hydrogen (secondary N) is 1. The van der Waals surface area contributed by atoms with E-state index in [1.165, 1.54) is 0 Å². The second-order valence-corrected chi connectivity index (χ2v) is 3.17. The highest BCUT2D eigenvalue weighted by molar-refractivity contribution is 7.09. The molecule has 60 valence electrons. The first-order valence-corrected chi connectivity index (χ1v) is 4.24. The van der Waals surface area contributed by atoms with Crippen LogP contribution in [0.1, 0.15) is 4.88 Å². The highest BCUT2D eigenvalue weighted by Crippen LogP contribution is 2.07. The van der Waals surface area contributed by atoms with Gasteiger partial charge in [-0.2, -0.15) is 0 Å². The van der Waals surface area contributed by atoms with Crippen molar-refractivity contribution in [3.8, 4) is 0 Å². The summed E-state index contributed by atoms with van der Waals surface area (Å²) in [6.45, 7) is 0. The third kappa shape index (κ3) is 2.40. The molecule has 0 unspecified atom stereocenters. The van der Waals surface area contributed by atoms with Crippen LogP contribution in [-0.2, 0) is 11.2 Å². The second kappa shape index (κ2) is 4.20. The molecule has 0 fully saturated rings. The summed E-state index contributed by atoms with van der Waals surface area (Å²) < 4.78 is 0. The summed E-state index contributed by atoms with van der Waals surface area (Å²) >= 11 is 1.57. The van der Waals surface area contributed by atoms with Crippen LogP contribution >= 0.6 is 11.3 Å². The standard InChI is InChI=1S/C7H10N2OS/c1-8-6(4-10)2-7-3-9-5-11-7/h3-6,8H,2H2,1H3/t6-/m0/s1. The van der Waals surface area contributed by atoms with Crippen molar-refractivity contribution in [2.24, 2.45) is 0 Å². The highest BCUT2D eigenvalue weighted by Gasteiger charge is 2.05. The number of carbonyl (C=O) groups is 1. The van der Waals surface area contributed by atoms with Crippen molar-refractivity contribution in [3.05, 3.63) is 16.6 Å². The number of aldehydes is 1. The summed E-state index contributed by atoms with van der Waals surface area (Å²) in [5.41, 5.74) is 1.77. The van der Waals surface area contributed by atoms with Crippen molar-refractivity contribution in [1.29, 1.82) is 0 Å². The second-order valence-electron chi connectivity index (χ2n) is 2.20. The van der Waals surface area contributed by atoms with Crippen LogP contribution < -0.4 is 5.32 Å². The molecule has 0 saturated heterocycles. The van der Waals surface area contributed by atoms with E-state index in [4.69, 9.17) is 0 Å². The van der Waals surface area contributed by atoms with Crippen LogP contribution in [0.4, 0.5) is 0 Å². The molecule has 0 aliphatic heterocycles. The molecule has 1 N–H and O–H groups in total. The lowest BCUT2D eigenvalue weighted by Gasteiger charge is -2.04. The molecule has 1 aromatic rings. The highest BCUT2D eigenvalue weighted by atomic mass is 32.1. The van der Waals surface area contributed by atoms with Crippen molar-refractivity contribution in [2.45, 2.75) is 12.5 Å². The summed E-state index contributed by atoms with van der Waals surface area (Å²) in [6, 6.07) is -0.0737. The zero-order valence-electron chi connectivity index (χ0n) is 6.28. The van der Waals surface area contributed by atoms with Crippen molar-refractivity contribution >= 4 is 17.6 Å². The number of rotatable bonds is 4. The van der Waals surface area contributed by atoms with E-state index < -0.39 is 0 Å². The van der Waals surface area contributed by atoms with Crippen molar-refractivity contribution in [2.75, 3.05) is 7.05 Å². The number of nitrogens with zero attached hydrogens (tertiary/aromatic N) is 1. The zero-order valence-corrected chi connectivity index (χ0v) is 7.10. The molecular formula is C7H10N2OS. The van der Waals surface area contributed by atoms with E-state index in [2.05, 4.69) is 10.3 Å². The normalized spacial score (nSPS) is 12.8. The van der Waals surface area contributed by atoms with E-state index in [-0.39, 0.29) is 6.04 Å². The minimum Gasteiger partial charge on any atom is -0.310 e. The van der Waals surface area contributed by atoms with E-state index in [9.17, 15) is 4.79 Å². The van der Waals surface area contributed by atoms with E-state index in [1.54, 1.807) is 30.1 Å². The molecule has 0 radical (unpaired) electrons. The number of likely N-dealkylation sites (N-methyl/N-ethyl adjacent to an activating group) is 1. The van der Waals surface area contributed by atoms with Gasteiger partial charge in [-0.3, -0.25) is 4.98 Å². The summed E-state index contributed by atoms with van der Waals surface area (Å²) in [7, 11) is 1.78. The van der Waals surface area contributed by atoms with Crippen molar-refractivity contribution in [3.63, 3.8) is 0 Å². The average molecular weight is 170 g/mol. The Morgan fingerprint density at radius 2 is 2.73 bits per heavy atom. The predicted molar refractivity (Wildman–Crippen MR) is 44.7 cm³/mol. The quantitative estimate of drug-likeness (QED) is 0.668. The molecule has 11 heavy (non-hydrogen) atoms. The summed E-state index contributed by atoms with van der Waals surface area (Å²) in [5, 5.41) is 2.90. The molecule has 0 aliphatic rings. The molecule has 4 heteroatoms. The van der Waals surface area contributed by atoms with Crippen LogP contribution in [0, 0.1) is 0 Å². The van der Waals surface area contributed by atoms with Gasteiger partial charge in [-0.25, -0.2) is 0 Å². The van der Waals surface area contributed by atoms with Crippen LogP contribution in [-0.4, -0.2) is 24.4 Å². The summed E-state index contributed by atoms with van der Waals surface area (Å²) in [6.07, 6.45) is 3.45. The first-order chi connectivity index (χ1) is 5.36. The van der Waals surface area contributed by atoms with Gasteiger partial charge in [0.2, 0.25) is 0 Å². The Morgan fingerprint density at radius 1 is 1.91 bits per heavy atom.